The van der Waals surface area contributed by atoms with Crippen molar-refractivity contribution < 1.29 is 43.9 Å². The smallest absolute Gasteiger partial charge is 0.0616 e. The highest BCUT2D eigenvalue weighted by Gasteiger charge is 2.19. The molecule has 0 saturated heterocycles. The topological polar surface area (TPSA) is 0 Å². The van der Waals surface area contributed by atoms with Gasteiger partial charge in [-0.3, -0.25) is 0 Å². The lowest BCUT2D eigenvalue weighted by atomic mass is 9.83. The second-order valence-electron chi connectivity index (χ2n) is 10.8. The van der Waals surface area contributed by atoms with E-state index in [2.05, 4.69) is 0 Å². The molecule has 0 aliphatic rings. The van der Waals surface area contributed by atoms with Gasteiger partial charge in [-0.1, -0.05) is 175 Å². The molecule has 232 valence electrons. The Kier molecular flexibility index (Phi) is 2.55. The summed E-state index contributed by atoms with van der Waals surface area (Å²) in [7, 11) is 0. The van der Waals surface area contributed by atoms with E-state index in [9.17, 15) is 17.8 Å². The number of rotatable bonds is 4. The van der Waals surface area contributed by atoms with Gasteiger partial charge in [0.15, 0.2) is 0 Å². The van der Waals surface area contributed by atoms with Crippen LogP contribution in [0.5, 0.6) is 0 Å². The molecule has 50 heavy (non-hydrogen) atoms. The Balaban J connectivity index is 1.59. The Morgan fingerprint density at radius 2 is 0.740 bits per heavy atom. The molecule has 0 aliphatic carbocycles. The minimum atomic E-state index is -1.22. The van der Waals surface area contributed by atoms with E-state index in [1.54, 1.807) is 0 Å². The van der Waals surface area contributed by atoms with E-state index in [1.807, 2.05) is 0 Å². The number of hydrogen-bond donors (Lipinski definition) is 0. The highest BCUT2D eigenvalue weighted by Crippen LogP contribution is 2.47. The van der Waals surface area contributed by atoms with Crippen molar-refractivity contribution in [3.05, 3.63) is 193 Å². The number of benzene rings is 10. The van der Waals surface area contributed by atoms with Crippen LogP contribution in [0.4, 0.5) is 0 Å². The summed E-state index contributed by atoms with van der Waals surface area (Å²) in [6.07, 6.45) is 0. The van der Waals surface area contributed by atoms with Gasteiger partial charge in [0.2, 0.25) is 0 Å². The summed E-state index contributed by atoms with van der Waals surface area (Å²) in [5.41, 5.74) is -7.40. The fourth-order valence-corrected chi connectivity index (χ4v) is 5.84. The molecule has 0 bridgehead atoms. The third-order valence-electron chi connectivity index (χ3n) is 8.00. The Bertz CT molecular complexity index is 4740. The fourth-order valence-electron chi connectivity index (χ4n) is 5.84. The van der Waals surface area contributed by atoms with Gasteiger partial charge in [-0.05, 0) is 116 Å². The van der Waals surface area contributed by atoms with Crippen LogP contribution < -0.4 is 0 Å². The van der Waals surface area contributed by atoms with Crippen LogP contribution in [0.25, 0.3) is 98.4 Å². The minimum absolute atomic E-state index is 0.641. The summed E-state index contributed by atoms with van der Waals surface area (Å²) in [4.78, 5) is 0. The van der Waals surface area contributed by atoms with E-state index in [0.29, 0.717) is 0 Å². The van der Waals surface area contributed by atoms with Crippen molar-refractivity contribution in [3.8, 4) is 44.5 Å². The zero-order valence-corrected chi connectivity index (χ0v) is 25.0. The van der Waals surface area contributed by atoms with Crippen LogP contribution in [0.1, 0.15) is 43.9 Å². The van der Waals surface area contributed by atoms with Crippen LogP contribution in [0, 0.1) is 0 Å². The van der Waals surface area contributed by atoms with Crippen LogP contribution in [-0.4, -0.2) is 0 Å². The van der Waals surface area contributed by atoms with Crippen molar-refractivity contribution in [2.75, 3.05) is 0 Å². The fraction of sp³-hybridized carbons (Fsp3) is 0. The molecule has 10 aromatic carbocycles. The van der Waals surface area contributed by atoms with E-state index in [1.165, 1.54) is 0 Å². The van der Waals surface area contributed by atoms with Crippen LogP contribution in [-0.2, 0) is 0 Å². The maximum absolute atomic E-state index is 10.3. The first-order valence-electron chi connectivity index (χ1n) is 30.8. The van der Waals surface area contributed by atoms with E-state index in [0.717, 1.165) is 0 Å². The van der Waals surface area contributed by atoms with E-state index in [-0.39, 0.29) is 0 Å². The molecular formula is C50H32. The molecular weight excluding hydrogens is 601 g/mol. The van der Waals surface area contributed by atoms with Gasteiger partial charge in [0.1, 0.15) is 0 Å². The monoisotopic (exact) mass is 664 g/mol. The van der Waals surface area contributed by atoms with Crippen LogP contribution in [0.2, 0.25) is 0 Å². The largest absolute Gasteiger partial charge is 0.0636 e. The standard InChI is InChI=1S/C50H32/c1-2-15-36-30-37(27-26-33(36)12-1)38-28-29-47-48(32-38)50(44-25-11-17-35-14-4-6-21-42(35)44)46-23-8-7-22-45(46)49(47)40-19-9-18-39(31-40)43-24-10-16-34-13-3-5-20-41(34)43/h1-32H/i1D,2D,3D,4D,5D,6D,7D,8D,9D,10D,11D,12D,13D,14D,15D,16D,17D,18D,19D,20D,21D,22D,23D,24D,25D,26D,27D,28D,29D,30D,31D,32D. The van der Waals surface area contributed by atoms with Gasteiger partial charge in [0.25, 0.3) is 0 Å². The molecule has 0 fully saturated rings. The Hall–Kier alpha value is -6.50. The molecule has 0 spiro atoms. The van der Waals surface area contributed by atoms with Gasteiger partial charge in [0, 0.05) is 0 Å². The molecule has 10 rings (SSSR count). The first-order chi connectivity index (χ1) is 38.1. The van der Waals surface area contributed by atoms with Crippen molar-refractivity contribution in [3.63, 3.8) is 0 Å². The summed E-state index contributed by atoms with van der Waals surface area (Å²) >= 11 is 0. The Morgan fingerprint density at radius 3 is 1.50 bits per heavy atom. The Morgan fingerprint density at radius 1 is 0.240 bits per heavy atom. The first-order valence-corrected chi connectivity index (χ1v) is 14.8. The summed E-state index contributed by atoms with van der Waals surface area (Å²) in [5, 5.41) is -7.94. The second kappa shape index (κ2) is 11.6. The van der Waals surface area contributed by atoms with Crippen molar-refractivity contribution in [1.29, 1.82) is 0 Å². The predicted octanol–water partition coefficient (Wildman–Crippen LogP) is 14.1. The Labute approximate surface area is 336 Å². The summed E-state index contributed by atoms with van der Waals surface area (Å²) in [6, 6.07) is -33.0. The SMILES string of the molecule is [2H]c1c([2H])c(-c2c([2H])c([2H])c([2H])c3c([2H])c([2H])c([2H])c([2H])c23)c([2H])c(-c2c3c([2H])c([2H])c([2H])c([2H])c3c(-c3c([2H])c([2H])c([2H])c4c([2H])c([2H])c([2H])c([2H])c34)c3c([2H])c(-c4c([2H])c([2H])c5c([2H])c([2H])c([2H])c([2H])c5c4[2H])c([2H])c([2H])c23)c1[2H]. The lowest BCUT2D eigenvalue weighted by molar-refractivity contribution is 1.63. The zero-order valence-electron chi connectivity index (χ0n) is 57.0. The first kappa shape index (κ1) is 11.0. The summed E-state index contributed by atoms with van der Waals surface area (Å²) in [5.74, 6) is 0. The molecule has 0 amide bonds. The maximum atomic E-state index is 10.3. The van der Waals surface area contributed by atoms with Crippen molar-refractivity contribution in [2.45, 2.75) is 0 Å². The van der Waals surface area contributed by atoms with Gasteiger partial charge < -0.3 is 0 Å². The number of fused-ring (bicyclic) bond motifs is 5. The lowest BCUT2D eigenvalue weighted by Crippen LogP contribution is -1.93. The molecule has 0 nitrogen and oxygen atoms in total. The second-order valence-corrected chi connectivity index (χ2v) is 10.8. The molecule has 0 atom stereocenters. The third-order valence-corrected chi connectivity index (χ3v) is 8.00. The van der Waals surface area contributed by atoms with Gasteiger partial charge in [0.05, 0.1) is 43.9 Å². The highest BCUT2D eigenvalue weighted by atomic mass is 14.2. The molecule has 0 aliphatic heterocycles. The average Bonchev–Trinajstić information content (AvgIpc) is 3.53. The molecule has 10 aromatic rings. The van der Waals surface area contributed by atoms with Crippen molar-refractivity contribution >= 4 is 53.9 Å². The third kappa shape index (κ3) is 4.61. The van der Waals surface area contributed by atoms with Crippen LogP contribution >= 0.6 is 0 Å². The quantitative estimate of drug-likeness (QED) is 0.164. The van der Waals surface area contributed by atoms with Crippen molar-refractivity contribution in [1.82, 2.24) is 0 Å². The highest BCUT2D eigenvalue weighted by molar-refractivity contribution is 6.24. The molecule has 0 radical (unpaired) electrons. The van der Waals surface area contributed by atoms with Crippen LogP contribution in [0.3, 0.4) is 0 Å². The normalized spacial score (nSPS) is 20.6. The van der Waals surface area contributed by atoms with Gasteiger partial charge in [-0.15, -0.1) is 0 Å². The molecule has 0 heterocycles. The molecule has 0 heteroatoms. The van der Waals surface area contributed by atoms with E-state index >= 15 is 0 Å². The van der Waals surface area contributed by atoms with Crippen LogP contribution in [0.15, 0.2) is 193 Å². The molecule has 0 unspecified atom stereocenters. The van der Waals surface area contributed by atoms with Gasteiger partial charge in [-0.2, -0.15) is 0 Å². The van der Waals surface area contributed by atoms with E-state index < -0.39 is 292 Å². The summed E-state index contributed by atoms with van der Waals surface area (Å²) < 4.78 is 292. The molecule has 0 aromatic heterocycles. The lowest BCUT2D eigenvalue weighted by Gasteiger charge is -2.20. The maximum Gasteiger partial charge on any atom is 0.0636 e. The van der Waals surface area contributed by atoms with Gasteiger partial charge in [-0.25, -0.2) is 0 Å². The minimum Gasteiger partial charge on any atom is -0.0616 e. The summed E-state index contributed by atoms with van der Waals surface area (Å²) in [6.45, 7) is 0. The van der Waals surface area contributed by atoms with Crippen molar-refractivity contribution in [2.24, 2.45) is 0 Å². The van der Waals surface area contributed by atoms with E-state index in [4.69, 9.17) is 26.0 Å². The molecule has 0 saturated carbocycles. The zero-order chi connectivity index (χ0) is 60.9. The van der Waals surface area contributed by atoms with Gasteiger partial charge >= 0.3 is 0 Å². The number of hydrogen-bond acceptors (Lipinski definition) is 0. The predicted molar refractivity (Wildman–Crippen MR) is 216 cm³/mol. The molecule has 0 N–H and O–H groups in total. The average molecular weight is 665 g/mol.